The van der Waals surface area contributed by atoms with Crippen LogP contribution >= 0.6 is 0 Å². The van der Waals surface area contributed by atoms with Gasteiger partial charge in [-0.15, -0.1) is 0 Å². The normalized spacial score (nSPS) is 10.9. The number of hydrogen-bond donors (Lipinski definition) is 1. The van der Waals surface area contributed by atoms with Crippen LogP contribution in [0.15, 0.2) is 53.5 Å². The molecule has 0 aliphatic rings. The van der Waals surface area contributed by atoms with Gasteiger partial charge in [0.15, 0.2) is 0 Å². The number of nitrogens with zero attached hydrogens (tertiary/aromatic N) is 6. The molecule has 0 saturated carbocycles. The van der Waals surface area contributed by atoms with Crippen molar-refractivity contribution in [1.82, 2.24) is 35.0 Å². The summed E-state index contributed by atoms with van der Waals surface area (Å²) in [5.41, 5.74) is 3.69. The minimum atomic E-state index is -0.318. The van der Waals surface area contributed by atoms with E-state index in [-0.39, 0.29) is 12.3 Å². The molecule has 0 saturated heterocycles. The van der Waals surface area contributed by atoms with Crippen molar-refractivity contribution in [2.75, 3.05) is 0 Å². The van der Waals surface area contributed by atoms with Crippen molar-refractivity contribution in [3.05, 3.63) is 70.3 Å². The Bertz CT molecular complexity index is 1130. The van der Waals surface area contributed by atoms with Crippen LogP contribution in [0.4, 0.5) is 0 Å². The molecule has 9 heteroatoms. The van der Waals surface area contributed by atoms with Crippen LogP contribution in [0.1, 0.15) is 11.1 Å². The Hall–Kier alpha value is -3.75. The summed E-state index contributed by atoms with van der Waals surface area (Å²) in [6.45, 7) is 2.20. The fourth-order valence-corrected chi connectivity index (χ4v) is 2.73. The van der Waals surface area contributed by atoms with E-state index in [1.54, 1.807) is 19.3 Å². The highest BCUT2D eigenvalue weighted by molar-refractivity contribution is 5.53. The van der Waals surface area contributed by atoms with Gasteiger partial charge in [0.05, 0.1) is 17.1 Å². The first-order valence-corrected chi connectivity index (χ1v) is 8.31. The van der Waals surface area contributed by atoms with Crippen molar-refractivity contribution in [1.29, 1.82) is 0 Å². The van der Waals surface area contributed by atoms with Gasteiger partial charge in [-0.2, -0.15) is 14.5 Å². The Morgan fingerprint density at radius 3 is 2.70 bits per heavy atom. The topological polar surface area (TPSA) is 104 Å². The van der Waals surface area contributed by atoms with Crippen molar-refractivity contribution in [3.8, 4) is 23.0 Å². The lowest BCUT2D eigenvalue weighted by Crippen LogP contribution is -2.23. The van der Waals surface area contributed by atoms with E-state index < -0.39 is 0 Å². The minimum absolute atomic E-state index is 0.241. The predicted molar refractivity (Wildman–Crippen MR) is 97.5 cm³/mol. The van der Waals surface area contributed by atoms with Crippen LogP contribution in [0.5, 0.6) is 5.88 Å². The molecule has 0 aliphatic carbocycles. The number of aryl methyl sites for hydroxylation is 2. The van der Waals surface area contributed by atoms with Crippen LogP contribution in [0.25, 0.3) is 17.1 Å². The molecule has 1 N–H and O–H groups in total. The maximum absolute atomic E-state index is 12.2. The average molecular weight is 363 g/mol. The third-order valence-electron chi connectivity index (χ3n) is 4.20. The lowest BCUT2D eigenvalue weighted by atomic mass is 10.1. The van der Waals surface area contributed by atoms with Crippen LogP contribution in [-0.4, -0.2) is 35.0 Å². The maximum atomic E-state index is 12.2. The molecule has 0 atom stereocenters. The number of nitrogens with one attached hydrogen (secondary N) is 1. The first kappa shape index (κ1) is 16.7. The molecule has 27 heavy (non-hydrogen) atoms. The van der Waals surface area contributed by atoms with Gasteiger partial charge in [0.1, 0.15) is 6.61 Å². The Kier molecular flexibility index (Phi) is 4.25. The zero-order chi connectivity index (χ0) is 18.8. The third kappa shape index (κ3) is 3.22. The molecule has 0 amide bonds. The standard InChI is InChI=1S/C18H17N7O2/c1-12-5-3-7-16(25-18(26)24(2)22-23-25)13(12)11-27-17-8-4-6-14(20-17)15-9-10-19-21-15/h3-10H,11H2,1-2H3,(H,19,21). The van der Waals surface area contributed by atoms with Crippen LogP contribution < -0.4 is 10.4 Å². The molecule has 1 aromatic carbocycles. The number of aromatic amines is 1. The van der Waals surface area contributed by atoms with Gasteiger partial charge in [-0.3, -0.25) is 5.10 Å². The van der Waals surface area contributed by atoms with E-state index in [0.717, 1.165) is 22.5 Å². The number of rotatable bonds is 5. The van der Waals surface area contributed by atoms with E-state index in [2.05, 4.69) is 25.6 Å². The SMILES string of the molecule is Cc1cccc(-n2nnn(C)c2=O)c1COc1cccc(-c2ccn[nH]2)n1. The Morgan fingerprint density at radius 1 is 1.11 bits per heavy atom. The van der Waals surface area contributed by atoms with Gasteiger partial charge in [0, 0.05) is 24.9 Å². The lowest BCUT2D eigenvalue weighted by molar-refractivity contribution is 0.293. The third-order valence-corrected chi connectivity index (χ3v) is 4.20. The molecule has 0 fully saturated rings. The Labute approximate surface area is 154 Å². The van der Waals surface area contributed by atoms with Gasteiger partial charge >= 0.3 is 5.69 Å². The average Bonchev–Trinajstić information content (AvgIpc) is 3.32. The van der Waals surface area contributed by atoms with Crippen LogP contribution in [-0.2, 0) is 13.7 Å². The second-order valence-corrected chi connectivity index (χ2v) is 5.99. The maximum Gasteiger partial charge on any atom is 0.368 e. The summed E-state index contributed by atoms with van der Waals surface area (Å²) >= 11 is 0. The second kappa shape index (κ2) is 6.87. The molecular weight excluding hydrogens is 346 g/mol. The summed E-state index contributed by atoms with van der Waals surface area (Å²) in [6.07, 6.45) is 1.67. The van der Waals surface area contributed by atoms with Crippen molar-refractivity contribution in [3.63, 3.8) is 0 Å². The van der Waals surface area contributed by atoms with Gasteiger partial charge in [-0.05, 0) is 41.1 Å². The van der Waals surface area contributed by atoms with Crippen LogP contribution in [0.3, 0.4) is 0 Å². The summed E-state index contributed by atoms with van der Waals surface area (Å²) in [4.78, 5) is 16.7. The second-order valence-electron chi connectivity index (χ2n) is 5.99. The number of hydrogen-bond acceptors (Lipinski definition) is 6. The molecule has 9 nitrogen and oxygen atoms in total. The quantitative estimate of drug-likeness (QED) is 0.578. The number of benzene rings is 1. The van der Waals surface area contributed by atoms with Crippen LogP contribution in [0, 0.1) is 6.92 Å². The van der Waals surface area contributed by atoms with Gasteiger partial charge in [-0.1, -0.05) is 18.2 Å². The highest BCUT2D eigenvalue weighted by atomic mass is 16.5. The summed E-state index contributed by atoms with van der Waals surface area (Å²) in [5.74, 6) is 0.475. The van der Waals surface area contributed by atoms with Gasteiger partial charge < -0.3 is 4.74 Å². The van der Waals surface area contributed by atoms with E-state index in [9.17, 15) is 4.79 Å². The molecule has 3 heterocycles. The molecular formula is C18H17N7O2. The number of tetrazole rings is 1. The van der Waals surface area contributed by atoms with Gasteiger partial charge in [0.2, 0.25) is 5.88 Å². The number of pyridine rings is 1. The zero-order valence-corrected chi connectivity index (χ0v) is 14.8. The number of H-pyrrole nitrogens is 1. The predicted octanol–water partition coefficient (Wildman–Crippen LogP) is 1.64. The molecule has 136 valence electrons. The van der Waals surface area contributed by atoms with Gasteiger partial charge in [-0.25, -0.2) is 9.78 Å². The molecule has 0 bridgehead atoms. The summed E-state index contributed by atoms with van der Waals surface area (Å²) in [6, 6.07) is 13.0. The van der Waals surface area contributed by atoms with Crippen LogP contribution in [0.2, 0.25) is 0 Å². The molecule has 0 radical (unpaired) electrons. The molecule has 0 spiro atoms. The highest BCUT2D eigenvalue weighted by Crippen LogP contribution is 2.21. The monoisotopic (exact) mass is 363 g/mol. The summed E-state index contributed by atoms with van der Waals surface area (Å²) < 4.78 is 8.35. The van der Waals surface area contributed by atoms with E-state index >= 15 is 0 Å². The van der Waals surface area contributed by atoms with E-state index in [1.165, 1.54) is 9.36 Å². The van der Waals surface area contributed by atoms with Crippen molar-refractivity contribution in [2.24, 2.45) is 7.05 Å². The van der Waals surface area contributed by atoms with Crippen molar-refractivity contribution in [2.45, 2.75) is 13.5 Å². The number of aromatic nitrogens is 7. The highest BCUT2D eigenvalue weighted by Gasteiger charge is 2.14. The Morgan fingerprint density at radius 2 is 1.96 bits per heavy atom. The largest absolute Gasteiger partial charge is 0.473 e. The number of ether oxygens (including phenoxy) is 1. The minimum Gasteiger partial charge on any atom is -0.473 e. The van der Waals surface area contributed by atoms with Crippen molar-refractivity contribution >= 4 is 0 Å². The van der Waals surface area contributed by atoms with Crippen molar-refractivity contribution < 1.29 is 4.74 Å². The molecule has 4 aromatic rings. The lowest BCUT2D eigenvalue weighted by Gasteiger charge is -2.12. The van der Waals surface area contributed by atoms with E-state index in [0.29, 0.717) is 11.6 Å². The molecule has 3 aromatic heterocycles. The first-order valence-electron chi connectivity index (χ1n) is 8.31. The molecule has 0 unspecified atom stereocenters. The van der Waals surface area contributed by atoms with E-state index in [1.807, 2.05) is 43.3 Å². The molecule has 4 rings (SSSR count). The zero-order valence-electron chi connectivity index (χ0n) is 14.8. The fraction of sp³-hybridized carbons (Fsp3) is 0.167. The van der Waals surface area contributed by atoms with Gasteiger partial charge in [0.25, 0.3) is 0 Å². The molecule has 0 aliphatic heterocycles. The summed E-state index contributed by atoms with van der Waals surface area (Å²) in [5, 5.41) is 14.5. The first-order chi connectivity index (χ1) is 13.1. The smallest absolute Gasteiger partial charge is 0.368 e. The Balaban J connectivity index is 1.63. The van der Waals surface area contributed by atoms with E-state index in [4.69, 9.17) is 4.74 Å². The summed E-state index contributed by atoms with van der Waals surface area (Å²) in [7, 11) is 1.56. The fourth-order valence-electron chi connectivity index (χ4n) is 2.73.